The van der Waals surface area contributed by atoms with E-state index < -0.39 is 11.2 Å². The lowest BCUT2D eigenvalue weighted by Crippen LogP contribution is -2.43. The van der Waals surface area contributed by atoms with Crippen LogP contribution in [-0.4, -0.2) is 27.4 Å². The van der Waals surface area contributed by atoms with Gasteiger partial charge in [-0.2, -0.15) is 5.10 Å². The second-order valence-corrected chi connectivity index (χ2v) is 4.24. The molecule has 0 aliphatic heterocycles. The first-order valence-corrected chi connectivity index (χ1v) is 5.18. The summed E-state index contributed by atoms with van der Waals surface area (Å²) in [5, 5.41) is 18.7. The molecule has 0 aromatic carbocycles. The molecule has 0 atom stereocenters. The van der Waals surface area contributed by atoms with Gasteiger partial charge in [0.25, 0.3) is 5.56 Å². The topological polar surface area (TPSA) is 78.0 Å². The van der Waals surface area contributed by atoms with E-state index in [1.54, 1.807) is 0 Å². The number of hydrogen-bond acceptors (Lipinski definition) is 4. The highest BCUT2D eigenvalue weighted by atomic mass is 35.5. The van der Waals surface area contributed by atoms with E-state index in [1.165, 1.54) is 6.20 Å². The molecule has 5 nitrogen and oxygen atoms in total. The van der Waals surface area contributed by atoms with Crippen molar-refractivity contribution in [2.75, 3.05) is 11.9 Å². The fourth-order valence-corrected chi connectivity index (χ4v) is 1.69. The summed E-state index contributed by atoms with van der Waals surface area (Å²) in [6, 6.07) is 0. The van der Waals surface area contributed by atoms with Crippen LogP contribution in [0.3, 0.4) is 0 Å². The normalized spacial score (nSPS) is 18.3. The average Bonchev–Trinajstić information content (AvgIpc) is 2.17. The third kappa shape index (κ3) is 2.13. The summed E-state index contributed by atoms with van der Waals surface area (Å²) in [4.78, 5) is 11.1. The maximum atomic E-state index is 11.1. The van der Waals surface area contributed by atoms with Crippen LogP contribution in [0.4, 0.5) is 5.69 Å². The molecule has 0 spiro atoms. The number of aliphatic hydroxyl groups is 1. The van der Waals surface area contributed by atoms with Crippen LogP contribution >= 0.6 is 11.6 Å². The van der Waals surface area contributed by atoms with Gasteiger partial charge in [-0.05, 0) is 19.3 Å². The van der Waals surface area contributed by atoms with E-state index in [0.29, 0.717) is 12.2 Å². The van der Waals surface area contributed by atoms with E-state index in [-0.39, 0.29) is 5.02 Å². The second-order valence-electron chi connectivity index (χ2n) is 3.86. The molecule has 15 heavy (non-hydrogen) atoms. The number of anilines is 1. The van der Waals surface area contributed by atoms with Crippen LogP contribution in [0.5, 0.6) is 0 Å². The number of rotatable bonds is 3. The summed E-state index contributed by atoms with van der Waals surface area (Å²) in [5.41, 5.74) is -0.616. The van der Waals surface area contributed by atoms with Crippen molar-refractivity contribution in [2.45, 2.75) is 24.9 Å². The van der Waals surface area contributed by atoms with Gasteiger partial charge in [-0.25, -0.2) is 5.10 Å². The lowest BCUT2D eigenvalue weighted by molar-refractivity contribution is -0.0202. The molecule has 1 fully saturated rings. The lowest BCUT2D eigenvalue weighted by atomic mass is 9.80. The summed E-state index contributed by atoms with van der Waals surface area (Å²) in [5.74, 6) is 0. The summed E-state index contributed by atoms with van der Waals surface area (Å²) in [6.07, 6.45) is 4.05. The van der Waals surface area contributed by atoms with Gasteiger partial charge in [0.1, 0.15) is 5.02 Å². The third-order valence-electron chi connectivity index (χ3n) is 2.69. The highest BCUT2D eigenvalue weighted by molar-refractivity contribution is 6.32. The highest BCUT2D eigenvalue weighted by Gasteiger charge is 2.34. The molecule has 1 aliphatic rings. The van der Waals surface area contributed by atoms with Crippen molar-refractivity contribution in [2.24, 2.45) is 0 Å². The number of nitrogens with zero attached hydrogens (tertiary/aromatic N) is 1. The van der Waals surface area contributed by atoms with Crippen LogP contribution in [-0.2, 0) is 0 Å². The Labute approximate surface area is 91.5 Å². The number of nitrogens with one attached hydrogen (secondary N) is 2. The molecule has 3 N–H and O–H groups in total. The predicted molar refractivity (Wildman–Crippen MR) is 57.2 cm³/mol. The van der Waals surface area contributed by atoms with Crippen molar-refractivity contribution >= 4 is 17.3 Å². The minimum atomic E-state index is -0.647. The maximum absolute atomic E-state index is 11.1. The first-order valence-electron chi connectivity index (χ1n) is 4.80. The van der Waals surface area contributed by atoms with Crippen LogP contribution in [0, 0.1) is 0 Å². The van der Waals surface area contributed by atoms with Gasteiger partial charge >= 0.3 is 0 Å². The van der Waals surface area contributed by atoms with Crippen LogP contribution < -0.4 is 10.9 Å². The zero-order valence-corrected chi connectivity index (χ0v) is 8.84. The summed E-state index contributed by atoms with van der Waals surface area (Å²) >= 11 is 5.76. The average molecular weight is 230 g/mol. The molecule has 1 aromatic heterocycles. The Morgan fingerprint density at radius 1 is 1.67 bits per heavy atom. The van der Waals surface area contributed by atoms with Gasteiger partial charge in [-0.3, -0.25) is 4.79 Å². The third-order valence-corrected chi connectivity index (χ3v) is 3.06. The Morgan fingerprint density at radius 3 is 3.00 bits per heavy atom. The van der Waals surface area contributed by atoms with Gasteiger partial charge in [0, 0.05) is 6.54 Å². The van der Waals surface area contributed by atoms with Gasteiger partial charge in [0.2, 0.25) is 0 Å². The Bertz CT molecular complexity index is 414. The molecule has 0 bridgehead atoms. The zero-order valence-electron chi connectivity index (χ0n) is 8.09. The first-order chi connectivity index (χ1) is 7.11. The quantitative estimate of drug-likeness (QED) is 0.715. The Morgan fingerprint density at radius 2 is 2.40 bits per heavy atom. The molecule has 6 heteroatoms. The molecule has 1 heterocycles. The standard InChI is InChI=1S/C9H12ClN3O2/c10-7-6(4-12-13-8(7)14)11-5-9(15)2-1-3-9/h4,15H,1-3,5H2,(H2,11,13,14). The fraction of sp³-hybridized carbons (Fsp3) is 0.556. The molecule has 82 valence electrons. The first kappa shape index (κ1) is 10.4. The monoisotopic (exact) mass is 229 g/mol. The smallest absolute Gasteiger partial charge is 0.285 e. The molecule has 0 saturated heterocycles. The van der Waals surface area contributed by atoms with Gasteiger partial charge in [0.05, 0.1) is 17.5 Å². The molecule has 0 amide bonds. The van der Waals surface area contributed by atoms with Gasteiger partial charge in [-0.1, -0.05) is 11.6 Å². The number of H-pyrrole nitrogens is 1. The Balaban J connectivity index is 2.05. The van der Waals surface area contributed by atoms with Crippen molar-refractivity contribution in [3.8, 4) is 0 Å². The highest BCUT2D eigenvalue weighted by Crippen LogP contribution is 2.31. The van der Waals surface area contributed by atoms with E-state index >= 15 is 0 Å². The zero-order chi connectivity index (χ0) is 10.9. The largest absolute Gasteiger partial charge is 0.388 e. The number of aromatic nitrogens is 2. The molecular weight excluding hydrogens is 218 g/mol. The Hall–Kier alpha value is -1.07. The van der Waals surface area contributed by atoms with Gasteiger partial charge in [0.15, 0.2) is 0 Å². The molecule has 0 radical (unpaired) electrons. The van der Waals surface area contributed by atoms with Crippen LogP contribution in [0.1, 0.15) is 19.3 Å². The van der Waals surface area contributed by atoms with Gasteiger partial charge in [-0.15, -0.1) is 0 Å². The van der Waals surface area contributed by atoms with Crippen molar-refractivity contribution < 1.29 is 5.11 Å². The lowest BCUT2D eigenvalue weighted by Gasteiger charge is -2.36. The molecule has 1 aliphatic carbocycles. The van der Waals surface area contributed by atoms with Gasteiger partial charge < -0.3 is 10.4 Å². The van der Waals surface area contributed by atoms with Crippen LogP contribution in [0.2, 0.25) is 5.02 Å². The SMILES string of the molecule is O=c1[nH]ncc(NCC2(O)CCC2)c1Cl. The van der Waals surface area contributed by atoms with E-state index in [2.05, 4.69) is 15.5 Å². The summed E-state index contributed by atoms with van der Waals surface area (Å²) < 4.78 is 0. The van der Waals surface area contributed by atoms with E-state index in [9.17, 15) is 9.90 Å². The van der Waals surface area contributed by atoms with E-state index in [4.69, 9.17) is 11.6 Å². The molecule has 1 saturated carbocycles. The second kappa shape index (κ2) is 3.83. The van der Waals surface area contributed by atoms with Crippen LogP contribution in [0.25, 0.3) is 0 Å². The number of aromatic amines is 1. The number of halogens is 1. The predicted octanol–water partition coefficient (Wildman–Crippen LogP) is 0.750. The van der Waals surface area contributed by atoms with Crippen molar-refractivity contribution in [3.63, 3.8) is 0 Å². The van der Waals surface area contributed by atoms with Crippen LogP contribution in [0.15, 0.2) is 11.0 Å². The fourth-order valence-electron chi connectivity index (χ4n) is 1.53. The van der Waals surface area contributed by atoms with Crippen molar-refractivity contribution in [1.29, 1.82) is 0 Å². The summed E-state index contributed by atoms with van der Waals surface area (Å²) in [7, 11) is 0. The molecular formula is C9H12ClN3O2. The van der Waals surface area contributed by atoms with E-state index in [1.807, 2.05) is 0 Å². The number of hydrogen-bond donors (Lipinski definition) is 3. The molecule has 1 aromatic rings. The molecule has 2 rings (SSSR count). The van der Waals surface area contributed by atoms with Crippen molar-refractivity contribution in [3.05, 3.63) is 21.6 Å². The maximum Gasteiger partial charge on any atom is 0.285 e. The minimum absolute atomic E-state index is 0.0768. The minimum Gasteiger partial charge on any atom is -0.388 e. The van der Waals surface area contributed by atoms with E-state index in [0.717, 1.165) is 19.3 Å². The Kier molecular flexibility index (Phi) is 2.67. The van der Waals surface area contributed by atoms with Crippen molar-refractivity contribution in [1.82, 2.24) is 10.2 Å². The summed E-state index contributed by atoms with van der Waals surface area (Å²) in [6.45, 7) is 0.401. The molecule has 0 unspecified atom stereocenters.